The first-order valence-electron chi connectivity index (χ1n) is 6.92. The smallest absolute Gasteiger partial charge is 0.143 e. The lowest BCUT2D eigenvalue weighted by molar-refractivity contribution is 0.142. The van der Waals surface area contributed by atoms with E-state index in [0.29, 0.717) is 22.0 Å². The predicted octanol–water partition coefficient (Wildman–Crippen LogP) is 5.12. The van der Waals surface area contributed by atoms with Crippen molar-refractivity contribution in [2.45, 2.75) is 46.1 Å². The summed E-state index contributed by atoms with van der Waals surface area (Å²) in [6, 6.07) is 2.56. The Labute approximate surface area is 128 Å². The van der Waals surface area contributed by atoms with E-state index < -0.39 is 0 Å². The summed E-state index contributed by atoms with van der Waals surface area (Å²) in [4.78, 5) is 4.20. The van der Waals surface area contributed by atoms with Gasteiger partial charge in [-0.25, -0.2) is 4.98 Å². The van der Waals surface area contributed by atoms with Crippen LogP contribution in [0, 0.1) is 16.7 Å². The number of nitrogens with one attached hydrogen (secondary N) is 1. The van der Waals surface area contributed by atoms with Crippen LogP contribution in [0.2, 0.25) is 5.15 Å². The molecule has 104 valence electrons. The van der Waals surface area contributed by atoms with Crippen molar-refractivity contribution >= 4 is 33.2 Å². The zero-order valence-electron chi connectivity index (χ0n) is 11.6. The van der Waals surface area contributed by atoms with E-state index in [1.54, 1.807) is 0 Å². The van der Waals surface area contributed by atoms with Crippen LogP contribution in [-0.4, -0.2) is 11.0 Å². The first kappa shape index (κ1) is 13.7. The number of anilines is 1. The summed E-state index contributed by atoms with van der Waals surface area (Å²) in [5.74, 6) is 0.846. The van der Waals surface area contributed by atoms with Crippen LogP contribution in [0.25, 0.3) is 0 Å². The number of hydrogen-bond donors (Lipinski definition) is 1. The molecule has 3 rings (SSSR count). The third kappa shape index (κ3) is 1.92. The number of hydrogen-bond acceptors (Lipinski definition) is 2. The van der Waals surface area contributed by atoms with Crippen molar-refractivity contribution in [2.24, 2.45) is 16.7 Å². The Morgan fingerprint density at radius 3 is 2.68 bits per heavy atom. The Morgan fingerprint density at radius 2 is 2.16 bits per heavy atom. The van der Waals surface area contributed by atoms with E-state index in [4.69, 9.17) is 11.6 Å². The number of rotatable bonds is 2. The molecular formula is C15H20BrClN2. The van der Waals surface area contributed by atoms with Gasteiger partial charge in [0, 0.05) is 6.04 Å². The quantitative estimate of drug-likeness (QED) is 0.753. The average molecular weight is 344 g/mol. The van der Waals surface area contributed by atoms with Crippen LogP contribution in [0.4, 0.5) is 5.69 Å². The lowest BCUT2D eigenvalue weighted by Gasteiger charge is -2.39. The first-order valence-corrected chi connectivity index (χ1v) is 8.09. The lowest BCUT2D eigenvalue weighted by Crippen LogP contribution is -2.40. The summed E-state index contributed by atoms with van der Waals surface area (Å²) in [6.07, 6.45) is 5.80. The summed E-state index contributed by atoms with van der Waals surface area (Å²) in [7, 11) is 0. The molecule has 2 aliphatic carbocycles. The molecule has 4 heteroatoms. The molecule has 0 radical (unpaired) electrons. The minimum Gasteiger partial charge on any atom is -0.380 e. The van der Waals surface area contributed by atoms with Gasteiger partial charge >= 0.3 is 0 Å². The number of halogens is 2. The van der Waals surface area contributed by atoms with Gasteiger partial charge in [0.1, 0.15) is 5.15 Å². The molecular weight excluding hydrogens is 324 g/mol. The standard InChI is InChI=1S/C15H20BrClN2/c1-14(2)9-4-5-15(14,3)12(6-9)19-10-7-11(16)13(17)18-8-10/h7-9,12,19H,4-6H2,1-3H3. The van der Waals surface area contributed by atoms with Gasteiger partial charge in [0.15, 0.2) is 0 Å². The number of pyridine rings is 1. The van der Waals surface area contributed by atoms with Crippen molar-refractivity contribution in [3.63, 3.8) is 0 Å². The fourth-order valence-corrected chi connectivity index (χ4v) is 4.58. The van der Waals surface area contributed by atoms with Gasteiger partial charge in [-0.05, 0) is 58.0 Å². The Morgan fingerprint density at radius 1 is 1.42 bits per heavy atom. The molecule has 1 N–H and O–H groups in total. The van der Waals surface area contributed by atoms with E-state index in [2.05, 4.69) is 47.0 Å². The van der Waals surface area contributed by atoms with Gasteiger partial charge in [-0.2, -0.15) is 0 Å². The van der Waals surface area contributed by atoms with Gasteiger partial charge in [-0.1, -0.05) is 32.4 Å². The largest absolute Gasteiger partial charge is 0.380 e. The minimum absolute atomic E-state index is 0.379. The molecule has 0 amide bonds. The zero-order chi connectivity index (χ0) is 13.8. The maximum absolute atomic E-state index is 5.95. The monoisotopic (exact) mass is 342 g/mol. The Hall–Kier alpha value is -0.280. The van der Waals surface area contributed by atoms with Crippen molar-refractivity contribution in [3.8, 4) is 0 Å². The maximum atomic E-state index is 5.95. The highest BCUT2D eigenvalue weighted by atomic mass is 79.9. The number of fused-ring (bicyclic) bond motifs is 2. The summed E-state index contributed by atoms with van der Waals surface area (Å²) < 4.78 is 0.853. The van der Waals surface area contributed by atoms with Gasteiger partial charge in [0.25, 0.3) is 0 Å². The van der Waals surface area contributed by atoms with Crippen LogP contribution in [0.3, 0.4) is 0 Å². The third-order valence-electron chi connectivity index (χ3n) is 5.93. The van der Waals surface area contributed by atoms with Crippen molar-refractivity contribution in [3.05, 3.63) is 21.9 Å². The summed E-state index contributed by atoms with van der Waals surface area (Å²) in [5, 5.41) is 4.20. The molecule has 1 aromatic rings. The Kier molecular flexibility index (Phi) is 3.14. The molecule has 2 nitrogen and oxygen atoms in total. The van der Waals surface area contributed by atoms with Crippen molar-refractivity contribution in [1.29, 1.82) is 0 Å². The van der Waals surface area contributed by atoms with Crippen LogP contribution in [-0.2, 0) is 0 Å². The molecule has 0 aromatic carbocycles. The molecule has 19 heavy (non-hydrogen) atoms. The van der Waals surface area contributed by atoms with E-state index in [1.807, 2.05) is 12.3 Å². The Bertz CT molecular complexity index is 517. The van der Waals surface area contributed by atoms with Crippen LogP contribution in [0.15, 0.2) is 16.7 Å². The molecule has 0 saturated heterocycles. The maximum Gasteiger partial charge on any atom is 0.143 e. The van der Waals surface area contributed by atoms with Crippen LogP contribution in [0.1, 0.15) is 40.0 Å². The Balaban J connectivity index is 1.84. The van der Waals surface area contributed by atoms with Gasteiger partial charge in [-0.3, -0.25) is 0 Å². The molecule has 0 spiro atoms. The zero-order valence-corrected chi connectivity index (χ0v) is 14.0. The van der Waals surface area contributed by atoms with Gasteiger partial charge in [0.05, 0.1) is 16.4 Å². The highest BCUT2D eigenvalue weighted by Gasteiger charge is 2.61. The second-order valence-corrected chi connectivity index (χ2v) is 8.02. The second-order valence-electron chi connectivity index (χ2n) is 6.80. The normalized spacial score (nSPS) is 35.6. The predicted molar refractivity (Wildman–Crippen MR) is 83.6 cm³/mol. The third-order valence-corrected chi connectivity index (χ3v) is 7.07. The molecule has 2 aliphatic rings. The van der Waals surface area contributed by atoms with E-state index in [9.17, 15) is 0 Å². The van der Waals surface area contributed by atoms with Gasteiger partial charge in [0.2, 0.25) is 0 Å². The number of aromatic nitrogens is 1. The van der Waals surface area contributed by atoms with E-state index >= 15 is 0 Å². The highest BCUT2D eigenvalue weighted by molar-refractivity contribution is 9.10. The minimum atomic E-state index is 0.379. The molecule has 0 aliphatic heterocycles. The van der Waals surface area contributed by atoms with Gasteiger partial charge in [-0.15, -0.1) is 0 Å². The van der Waals surface area contributed by atoms with Crippen LogP contribution in [0.5, 0.6) is 0 Å². The van der Waals surface area contributed by atoms with Crippen LogP contribution < -0.4 is 5.32 Å². The highest BCUT2D eigenvalue weighted by Crippen LogP contribution is 2.65. The number of nitrogens with zero attached hydrogens (tertiary/aromatic N) is 1. The molecule has 3 unspecified atom stereocenters. The van der Waals surface area contributed by atoms with Crippen molar-refractivity contribution in [1.82, 2.24) is 4.98 Å². The average Bonchev–Trinajstić information content (AvgIpc) is 2.67. The molecule has 3 atom stereocenters. The van der Waals surface area contributed by atoms with Crippen LogP contribution >= 0.6 is 27.5 Å². The molecule has 2 bridgehead atoms. The van der Waals surface area contributed by atoms with E-state index in [1.165, 1.54) is 19.3 Å². The van der Waals surface area contributed by atoms with Crippen molar-refractivity contribution < 1.29 is 0 Å². The summed E-state index contributed by atoms with van der Waals surface area (Å²) in [5.41, 5.74) is 1.87. The molecule has 1 heterocycles. The molecule has 1 aromatic heterocycles. The second kappa shape index (κ2) is 4.36. The SMILES string of the molecule is CC1(C)C2CCC1(C)C(Nc1cnc(Cl)c(Br)c1)C2. The first-order chi connectivity index (χ1) is 8.84. The fraction of sp³-hybridized carbons (Fsp3) is 0.667. The molecule has 2 fully saturated rings. The fourth-order valence-electron chi connectivity index (χ4n) is 4.12. The topological polar surface area (TPSA) is 24.9 Å². The summed E-state index contributed by atoms with van der Waals surface area (Å²) >= 11 is 9.39. The lowest BCUT2D eigenvalue weighted by atomic mass is 9.69. The summed E-state index contributed by atoms with van der Waals surface area (Å²) in [6.45, 7) is 7.31. The van der Waals surface area contributed by atoms with E-state index in [-0.39, 0.29) is 0 Å². The van der Waals surface area contributed by atoms with Crippen molar-refractivity contribution in [2.75, 3.05) is 5.32 Å². The molecule has 2 saturated carbocycles. The van der Waals surface area contributed by atoms with Gasteiger partial charge < -0.3 is 5.32 Å². The van der Waals surface area contributed by atoms with E-state index in [0.717, 1.165) is 16.1 Å².